The average Bonchev–Trinajstić information content (AvgIpc) is 2.28. The lowest BCUT2D eigenvalue weighted by molar-refractivity contribution is -0.141. The fourth-order valence-electron chi connectivity index (χ4n) is 1.70. The normalized spacial score (nSPS) is 27.0. The number of carbonyl (C=O) groups excluding carboxylic acids is 1. The number of nitrogens with one attached hydrogen (secondary N) is 2. The quantitative estimate of drug-likeness (QED) is 0.528. The maximum atomic E-state index is 11.5. The number of amides is 2. The van der Waals surface area contributed by atoms with E-state index in [4.69, 9.17) is 5.11 Å². The number of aliphatic hydroxyl groups is 1. The number of carboxylic acids is 1. The van der Waals surface area contributed by atoms with Crippen LogP contribution in [0.15, 0.2) is 0 Å². The molecule has 0 aliphatic carbocycles. The number of rotatable bonds is 4. The fourth-order valence-corrected chi connectivity index (χ4v) is 2.99. The maximum Gasteiger partial charge on any atom is 0.328 e. The minimum atomic E-state index is -1.33. The molecule has 2 unspecified atom stereocenters. The van der Waals surface area contributed by atoms with Crippen molar-refractivity contribution in [3.05, 3.63) is 0 Å². The molecule has 0 spiro atoms. The largest absolute Gasteiger partial charge is 0.480 e. The molecule has 7 nitrogen and oxygen atoms in total. The van der Waals surface area contributed by atoms with Gasteiger partial charge in [-0.2, -0.15) is 0 Å². The Hall–Kier alpha value is -1.15. The summed E-state index contributed by atoms with van der Waals surface area (Å²) in [5, 5.41) is 22.8. The Kier molecular flexibility index (Phi) is 5.54. The van der Waals surface area contributed by atoms with Gasteiger partial charge in [-0.3, -0.25) is 4.21 Å². The Morgan fingerprint density at radius 1 is 1.33 bits per heavy atom. The van der Waals surface area contributed by atoms with Gasteiger partial charge in [-0.1, -0.05) is 0 Å². The van der Waals surface area contributed by atoms with Gasteiger partial charge in [-0.05, 0) is 19.8 Å². The molecule has 1 aliphatic rings. The number of aliphatic carboxylic acids is 1. The van der Waals surface area contributed by atoms with Crippen LogP contribution in [-0.4, -0.2) is 56.1 Å². The van der Waals surface area contributed by atoms with E-state index in [9.17, 15) is 18.9 Å². The lowest BCUT2D eigenvalue weighted by Crippen LogP contribution is -2.53. The molecule has 0 radical (unpaired) electrons. The van der Waals surface area contributed by atoms with E-state index in [2.05, 4.69) is 10.6 Å². The number of hydrogen-bond acceptors (Lipinski definition) is 4. The second-order valence-electron chi connectivity index (χ2n) is 4.30. The minimum Gasteiger partial charge on any atom is -0.480 e. The van der Waals surface area contributed by atoms with Crippen LogP contribution in [0.4, 0.5) is 4.79 Å². The lowest BCUT2D eigenvalue weighted by Gasteiger charge is -2.24. The molecule has 2 amide bonds. The van der Waals surface area contributed by atoms with Gasteiger partial charge in [-0.25, -0.2) is 9.59 Å². The van der Waals surface area contributed by atoms with Gasteiger partial charge in [0.25, 0.3) is 0 Å². The predicted octanol–water partition coefficient (Wildman–Crippen LogP) is -0.969. The van der Waals surface area contributed by atoms with Gasteiger partial charge in [0.05, 0.1) is 6.10 Å². The number of hydrogen-bond donors (Lipinski definition) is 4. The molecule has 4 N–H and O–H groups in total. The Balaban J connectivity index is 2.41. The lowest BCUT2D eigenvalue weighted by atomic mass is 10.1. The summed E-state index contributed by atoms with van der Waals surface area (Å²) in [6, 6.07) is -2.05. The van der Waals surface area contributed by atoms with E-state index in [0.717, 1.165) is 0 Å². The van der Waals surface area contributed by atoms with Crippen molar-refractivity contribution in [2.75, 3.05) is 11.5 Å². The summed E-state index contributed by atoms with van der Waals surface area (Å²) in [6.45, 7) is 1.29. The predicted molar refractivity (Wildman–Crippen MR) is 65.7 cm³/mol. The summed E-state index contributed by atoms with van der Waals surface area (Å²) in [5.41, 5.74) is 0. The molecule has 8 heteroatoms. The highest BCUT2D eigenvalue weighted by Gasteiger charge is 2.26. The molecule has 0 aromatic carbocycles. The van der Waals surface area contributed by atoms with E-state index >= 15 is 0 Å². The van der Waals surface area contributed by atoms with Crippen molar-refractivity contribution < 1.29 is 24.0 Å². The van der Waals surface area contributed by atoms with Crippen LogP contribution in [0, 0.1) is 0 Å². The Morgan fingerprint density at radius 2 is 1.89 bits per heavy atom. The summed E-state index contributed by atoms with van der Waals surface area (Å²) in [6.07, 6.45) is 0.0610. The van der Waals surface area contributed by atoms with Crippen molar-refractivity contribution in [3.63, 3.8) is 0 Å². The third-order valence-corrected chi connectivity index (χ3v) is 4.14. The van der Waals surface area contributed by atoms with Crippen molar-refractivity contribution in [3.8, 4) is 0 Å². The highest BCUT2D eigenvalue weighted by Crippen LogP contribution is 2.08. The second kappa shape index (κ2) is 6.69. The zero-order valence-corrected chi connectivity index (χ0v) is 10.9. The zero-order valence-electron chi connectivity index (χ0n) is 10.1. The molecule has 2 atom stereocenters. The van der Waals surface area contributed by atoms with Gasteiger partial charge in [0.1, 0.15) is 0 Å². The Bertz CT molecular complexity index is 337. The summed E-state index contributed by atoms with van der Waals surface area (Å²) in [5.74, 6) is -0.196. The number of urea groups is 1. The van der Waals surface area contributed by atoms with Gasteiger partial charge in [0, 0.05) is 28.3 Å². The molecule has 0 aromatic heterocycles. The SMILES string of the molecule is CC(O)C(NC(=O)NC1CCS(=O)CC1)C(=O)O. The average molecular weight is 278 g/mol. The fraction of sp³-hybridized carbons (Fsp3) is 0.800. The van der Waals surface area contributed by atoms with E-state index in [1.165, 1.54) is 6.92 Å². The smallest absolute Gasteiger partial charge is 0.328 e. The van der Waals surface area contributed by atoms with Crippen LogP contribution in [-0.2, 0) is 15.6 Å². The summed E-state index contributed by atoms with van der Waals surface area (Å²) in [4.78, 5) is 22.3. The number of aliphatic hydroxyl groups excluding tert-OH is 1. The topological polar surface area (TPSA) is 116 Å². The number of carbonyl (C=O) groups is 2. The highest BCUT2D eigenvalue weighted by molar-refractivity contribution is 7.85. The standard InChI is InChI=1S/C10H18N2O5S/c1-6(13)8(9(14)15)12-10(16)11-7-2-4-18(17)5-3-7/h6-8,13H,2-5H2,1H3,(H,14,15)(H2,11,12,16). The first-order valence-corrected chi connectivity index (χ1v) is 7.22. The Labute approximate surface area is 107 Å². The molecule has 1 rings (SSSR count). The van der Waals surface area contributed by atoms with Gasteiger partial charge >= 0.3 is 12.0 Å². The van der Waals surface area contributed by atoms with Crippen LogP contribution in [0.25, 0.3) is 0 Å². The van der Waals surface area contributed by atoms with Crippen molar-refractivity contribution in [2.24, 2.45) is 0 Å². The zero-order chi connectivity index (χ0) is 13.7. The van der Waals surface area contributed by atoms with E-state index in [1.54, 1.807) is 0 Å². The molecule has 1 aliphatic heterocycles. The van der Waals surface area contributed by atoms with Gasteiger partial charge in [0.2, 0.25) is 0 Å². The summed E-state index contributed by atoms with van der Waals surface area (Å²) >= 11 is 0. The van der Waals surface area contributed by atoms with Crippen LogP contribution in [0.2, 0.25) is 0 Å². The summed E-state index contributed by atoms with van der Waals surface area (Å²) < 4.78 is 11.1. The third-order valence-electron chi connectivity index (χ3n) is 2.76. The Morgan fingerprint density at radius 3 is 2.33 bits per heavy atom. The molecule has 104 valence electrons. The molecule has 1 heterocycles. The van der Waals surface area contributed by atoms with E-state index in [-0.39, 0.29) is 6.04 Å². The van der Waals surface area contributed by atoms with Crippen molar-refractivity contribution in [1.82, 2.24) is 10.6 Å². The monoisotopic (exact) mass is 278 g/mol. The molecule has 0 bridgehead atoms. The first-order valence-electron chi connectivity index (χ1n) is 5.73. The number of carboxylic acid groups (broad SMARTS) is 1. The molecule has 0 aromatic rings. The van der Waals surface area contributed by atoms with Gasteiger partial charge in [0.15, 0.2) is 6.04 Å². The second-order valence-corrected chi connectivity index (χ2v) is 5.99. The van der Waals surface area contributed by atoms with Crippen LogP contribution in [0.5, 0.6) is 0 Å². The van der Waals surface area contributed by atoms with Gasteiger partial charge < -0.3 is 20.8 Å². The van der Waals surface area contributed by atoms with E-state index in [1.807, 2.05) is 0 Å². The molecule has 1 fully saturated rings. The molecular weight excluding hydrogens is 260 g/mol. The molecule has 18 heavy (non-hydrogen) atoms. The van der Waals surface area contributed by atoms with E-state index < -0.39 is 34.9 Å². The van der Waals surface area contributed by atoms with Gasteiger partial charge in [-0.15, -0.1) is 0 Å². The summed E-state index contributed by atoms with van der Waals surface area (Å²) in [7, 11) is -0.807. The maximum absolute atomic E-state index is 11.5. The van der Waals surface area contributed by atoms with Crippen LogP contribution in [0.1, 0.15) is 19.8 Å². The van der Waals surface area contributed by atoms with E-state index in [0.29, 0.717) is 24.3 Å². The van der Waals surface area contributed by atoms with Crippen molar-refractivity contribution in [2.45, 2.75) is 38.0 Å². The van der Waals surface area contributed by atoms with Crippen LogP contribution >= 0.6 is 0 Å². The molecule has 1 saturated heterocycles. The third kappa shape index (κ3) is 4.61. The van der Waals surface area contributed by atoms with Crippen molar-refractivity contribution >= 4 is 22.8 Å². The van der Waals surface area contributed by atoms with Crippen LogP contribution < -0.4 is 10.6 Å². The first-order chi connectivity index (χ1) is 8.40. The van der Waals surface area contributed by atoms with Crippen molar-refractivity contribution in [1.29, 1.82) is 0 Å². The molecular formula is C10H18N2O5S. The highest BCUT2D eigenvalue weighted by atomic mass is 32.2. The minimum absolute atomic E-state index is 0.0915. The van der Waals surface area contributed by atoms with Crippen LogP contribution in [0.3, 0.4) is 0 Å². The molecule has 0 saturated carbocycles. The first kappa shape index (κ1) is 14.9.